The lowest BCUT2D eigenvalue weighted by Crippen LogP contribution is -2.33. The minimum atomic E-state index is -0.342. The van der Waals surface area contributed by atoms with Crippen molar-refractivity contribution in [3.05, 3.63) is 70.7 Å². The molecule has 130 valence electrons. The van der Waals surface area contributed by atoms with E-state index in [0.29, 0.717) is 5.56 Å². The summed E-state index contributed by atoms with van der Waals surface area (Å²) in [5.41, 5.74) is 6.35. The van der Waals surface area contributed by atoms with Crippen molar-refractivity contribution in [2.45, 2.75) is 19.0 Å². The zero-order valence-electron chi connectivity index (χ0n) is 14.5. The molecule has 5 heteroatoms. The molecule has 5 nitrogen and oxygen atoms in total. The van der Waals surface area contributed by atoms with Gasteiger partial charge < -0.3 is 9.72 Å². The maximum absolute atomic E-state index is 12.1. The monoisotopic (exact) mass is 345 g/mol. The molecular weight excluding hydrogens is 326 g/mol. The van der Waals surface area contributed by atoms with Crippen LogP contribution in [0.4, 0.5) is 0 Å². The van der Waals surface area contributed by atoms with Gasteiger partial charge in [-0.3, -0.25) is 9.88 Å². The number of hydrogen-bond acceptors (Lipinski definition) is 4. The van der Waals surface area contributed by atoms with Gasteiger partial charge in [-0.15, -0.1) is 0 Å². The van der Waals surface area contributed by atoms with Crippen LogP contribution in [0.1, 0.15) is 38.8 Å². The van der Waals surface area contributed by atoms with Gasteiger partial charge in [-0.1, -0.05) is 30.4 Å². The number of fused-ring (bicyclic) bond motifs is 6. The van der Waals surface area contributed by atoms with E-state index in [4.69, 9.17) is 4.74 Å². The molecule has 0 saturated carbocycles. The van der Waals surface area contributed by atoms with Crippen molar-refractivity contribution in [3.63, 3.8) is 0 Å². The lowest BCUT2D eigenvalue weighted by molar-refractivity contribution is 0.0600. The van der Waals surface area contributed by atoms with Gasteiger partial charge in [0.1, 0.15) is 0 Å². The van der Waals surface area contributed by atoms with Gasteiger partial charge in [-0.2, -0.15) is 0 Å². The first-order valence-corrected chi connectivity index (χ1v) is 8.83. The van der Waals surface area contributed by atoms with Crippen molar-refractivity contribution in [1.82, 2.24) is 14.9 Å². The third-order valence-corrected chi connectivity index (χ3v) is 5.48. The second-order valence-corrected chi connectivity index (χ2v) is 6.84. The van der Waals surface area contributed by atoms with E-state index in [-0.39, 0.29) is 12.0 Å². The first kappa shape index (κ1) is 15.3. The Morgan fingerprint density at radius 2 is 2.19 bits per heavy atom. The van der Waals surface area contributed by atoms with Crippen LogP contribution < -0.4 is 0 Å². The number of nitrogens with zero attached hydrogens (tertiary/aromatic N) is 2. The van der Waals surface area contributed by atoms with Gasteiger partial charge in [-0.25, -0.2) is 4.79 Å². The molecule has 4 heterocycles. The highest BCUT2D eigenvalue weighted by Gasteiger charge is 2.31. The molecule has 0 aliphatic carbocycles. The number of methoxy groups -OCH3 is 1. The number of benzene rings is 1. The standard InChI is InChI=1S/C21H19N3O2/c1-26-21(25)17-11-22-10-13-12-24-9-8-16-15-4-2-3-5-18(15)23-20(16)19(24)7-6-14(13)17/h2-7,10-11,19,23H,8-9,12H2,1H3. The molecule has 2 aromatic heterocycles. The number of para-hydroxylation sites is 1. The smallest absolute Gasteiger partial charge is 0.340 e. The lowest BCUT2D eigenvalue weighted by atomic mass is 9.97. The maximum Gasteiger partial charge on any atom is 0.340 e. The highest BCUT2D eigenvalue weighted by Crippen LogP contribution is 2.38. The Kier molecular flexibility index (Phi) is 3.43. The molecular formula is C21H19N3O2. The Labute approximate surface area is 151 Å². The van der Waals surface area contributed by atoms with Crippen LogP contribution in [0.3, 0.4) is 0 Å². The highest BCUT2D eigenvalue weighted by atomic mass is 16.5. The van der Waals surface area contributed by atoms with Gasteiger partial charge in [0.15, 0.2) is 0 Å². The lowest BCUT2D eigenvalue weighted by Gasteiger charge is -2.33. The molecule has 0 fully saturated rings. The Morgan fingerprint density at radius 3 is 3.08 bits per heavy atom. The van der Waals surface area contributed by atoms with Crippen LogP contribution in [0.15, 0.2) is 42.7 Å². The molecule has 1 aromatic carbocycles. The summed E-state index contributed by atoms with van der Waals surface area (Å²) in [6.07, 6.45) is 8.70. The molecule has 2 aliphatic heterocycles. The number of rotatable bonds is 1. The van der Waals surface area contributed by atoms with Crippen molar-refractivity contribution in [2.75, 3.05) is 13.7 Å². The molecule has 1 atom stereocenters. The van der Waals surface area contributed by atoms with E-state index in [1.807, 2.05) is 6.20 Å². The molecule has 0 radical (unpaired) electrons. The minimum Gasteiger partial charge on any atom is -0.465 e. The zero-order valence-corrected chi connectivity index (χ0v) is 14.5. The van der Waals surface area contributed by atoms with Crippen LogP contribution in [0.5, 0.6) is 0 Å². The maximum atomic E-state index is 12.1. The summed E-state index contributed by atoms with van der Waals surface area (Å²) in [5.74, 6) is -0.342. The van der Waals surface area contributed by atoms with Crippen LogP contribution in [0.25, 0.3) is 17.0 Å². The summed E-state index contributed by atoms with van der Waals surface area (Å²) >= 11 is 0. The van der Waals surface area contributed by atoms with Crippen LogP contribution in [-0.4, -0.2) is 34.5 Å². The summed E-state index contributed by atoms with van der Waals surface area (Å²) in [5, 5.41) is 1.31. The predicted molar refractivity (Wildman–Crippen MR) is 99.8 cm³/mol. The van der Waals surface area contributed by atoms with E-state index >= 15 is 0 Å². The molecule has 3 aromatic rings. The fourth-order valence-electron chi connectivity index (χ4n) is 4.23. The number of esters is 1. The van der Waals surface area contributed by atoms with Crippen LogP contribution in [0.2, 0.25) is 0 Å². The van der Waals surface area contributed by atoms with Gasteiger partial charge in [0, 0.05) is 42.1 Å². The molecule has 2 aliphatic rings. The van der Waals surface area contributed by atoms with Crippen molar-refractivity contribution < 1.29 is 9.53 Å². The fraction of sp³-hybridized carbons (Fsp3) is 0.238. The minimum absolute atomic E-state index is 0.170. The third-order valence-electron chi connectivity index (χ3n) is 5.48. The number of aromatic amines is 1. The largest absolute Gasteiger partial charge is 0.465 e. The van der Waals surface area contributed by atoms with Crippen LogP contribution in [0, 0.1) is 0 Å². The Bertz CT molecular complexity index is 1050. The van der Waals surface area contributed by atoms with Gasteiger partial charge >= 0.3 is 5.97 Å². The summed E-state index contributed by atoms with van der Waals surface area (Å²) in [4.78, 5) is 22.4. The molecule has 0 bridgehead atoms. The molecule has 1 N–H and O–H groups in total. The Balaban J connectivity index is 1.63. The van der Waals surface area contributed by atoms with Gasteiger partial charge in [-0.05, 0) is 29.2 Å². The van der Waals surface area contributed by atoms with Crippen molar-refractivity contribution in [2.24, 2.45) is 0 Å². The molecule has 1 unspecified atom stereocenters. The summed E-state index contributed by atoms with van der Waals surface area (Å²) in [7, 11) is 1.40. The fourth-order valence-corrected chi connectivity index (χ4v) is 4.23. The van der Waals surface area contributed by atoms with Crippen molar-refractivity contribution in [3.8, 4) is 0 Å². The topological polar surface area (TPSA) is 58.2 Å². The van der Waals surface area contributed by atoms with E-state index in [9.17, 15) is 4.79 Å². The van der Waals surface area contributed by atoms with E-state index in [1.165, 1.54) is 29.3 Å². The third kappa shape index (κ3) is 2.21. The first-order chi connectivity index (χ1) is 12.8. The normalized spacial score (nSPS) is 18.7. The number of carbonyl (C=O) groups excluding carboxylic acids is 1. The number of hydrogen-bond donors (Lipinski definition) is 1. The first-order valence-electron chi connectivity index (χ1n) is 8.83. The van der Waals surface area contributed by atoms with E-state index in [1.54, 1.807) is 6.20 Å². The number of pyridine rings is 1. The van der Waals surface area contributed by atoms with E-state index in [2.05, 4.69) is 51.3 Å². The van der Waals surface area contributed by atoms with E-state index in [0.717, 1.165) is 30.6 Å². The highest BCUT2D eigenvalue weighted by molar-refractivity contribution is 5.94. The molecule has 0 saturated heterocycles. The van der Waals surface area contributed by atoms with Crippen LogP contribution in [-0.2, 0) is 17.7 Å². The molecule has 26 heavy (non-hydrogen) atoms. The second kappa shape index (κ2) is 5.81. The van der Waals surface area contributed by atoms with Gasteiger partial charge in [0.05, 0.1) is 18.7 Å². The second-order valence-electron chi connectivity index (χ2n) is 6.84. The molecule has 5 rings (SSSR count). The quantitative estimate of drug-likeness (QED) is 0.686. The number of ether oxygens (including phenoxy) is 1. The SMILES string of the molecule is COC(=O)c1cncc2c1C=CC1c3[nH]c4ccccc4c3CCN1C2. The molecule has 0 spiro atoms. The summed E-state index contributed by atoms with van der Waals surface area (Å²) in [6.45, 7) is 1.74. The van der Waals surface area contributed by atoms with Crippen molar-refractivity contribution in [1.29, 1.82) is 0 Å². The Hall–Kier alpha value is -2.92. The summed E-state index contributed by atoms with van der Waals surface area (Å²) in [6, 6.07) is 8.65. The molecule has 0 amide bonds. The number of aromatic nitrogens is 2. The van der Waals surface area contributed by atoms with Crippen molar-refractivity contribution >= 4 is 22.9 Å². The average Bonchev–Trinajstić information content (AvgIpc) is 2.94. The summed E-state index contributed by atoms with van der Waals surface area (Å²) < 4.78 is 4.93. The zero-order chi connectivity index (χ0) is 17.7. The van der Waals surface area contributed by atoms with Crippen LogP contribution >= 0.6 is 0 Å². The van der Waals surface area contributed by atoms with Gasteiger partial charge in [0.25, 0.3) is 0 Å². The Morgan fingerprint density at radius 1 is 1.31 bits per heavy atom. The van der Waals surface area contributed by atoms with Gasteiger partial charge in [0.2, 0.25) is 0 Å². The predicted octanol–water partition coefficient (Wildman–Crippen LogP) is 3.48. The number of nitrogens with one attached hydrogen (secondary N) is 1. The number of H-pyrrole nitrogens is 1. The average molecular weight is 345 g/mol. The van der Waals surface area contributed by atoms with E-state index < -0.39 is 0 Å². The number of carbonyl (C=O) groups is 1.